The van der Waals surface area contributed by atoms with Crippen LogP contribution in [0, 0.1) is 6.20 Å². The van der Waals surface area contributed by atoms with E-state index in [9.17, 15) is 13.2 Å². The average molecular weight is 146 g/mol. The average Bonchev–Trinajstić information content (AvgIpc) is 1.88. The van der Waals surface area contributed by atoms with Crippen LogP contribution < -0.4 is 0 Å². The number of hydrogen-bond donors (Lipinski definition) is 0. The molecule has 0 aliphatic heterocycles. The second kappa shape index (κ2) is 2.28. The van der Waals surface area contributed by atoms with Gasteiger partial charge in [0.1, 0.15) is 0 Å². The lowest BCUT2D eigenvalue weighted by Gasteiger charge is -2.02. The zero-order chi connectivity index (χ0) is 7.61. The van der Waals surface area contributed by atoms with Crippen molar-refractivity contribution in [1.82, 2.24) is 4.98 Å². The fraction of sp³-hybridized carbons (Fsp3) is 0.167. The first-order valence-electron chi connectivity index (χ1n) is 2.50. The lowest BCUT2D eigenvalue weighted by molar-refractivity contribution is -0.137. The van der Waals surface area contributed by atoms with Gasteiger partial charge < -0.3 is 0 Å². The summed E-state index contributed by atoms with van der Waals surface area (Å²) in [5.74, 6) is 0. The second-order valence-electron chi connectivity index (χ2n) is 1.67. The first kappa shape index (κ1) is 7.05. The summed E-state index contributed by atoms with van der Waals surface area (Å²) in [4.78, 5) is 3.21. The van der Waals surface area contributed by atoms with Gasteiger partial charge in [0.15, 0.2) is 0 Å². The normalized spacial score (nSPS) is 11.5. The van der Waals surface area contributed by atoms with Crippen LogP contribution in [0.25, 0.3) is 0 Å². The number of aromatic nitrogens is 1. The van der Waals surface area contributed by atoms with Crippen LogP contribution in [0.2, 0.25) is 0 Å². The van der Waals surface area contributed by atoms with Gasteiger partial charge in [0.25, 0.3) is 0 Å². The van der Waals surface area contributed by atoms with Gasteiger partial charge in [0, 0.05) is 6.20 Å². The molecule has 0 bridgehead atoms. The van der Waals surface area contributed by atoms with Crippen LogP contribution in [0.4, 0.5) is 13.2 Å². The Bertz CT molecular complexity index is 204. The van der Waals surface area contributed by atoms with E-state index in [1.54, 1.807) is 0 Å². The molecule has 0 saturated heterocycles. The third-order valence-corrected chi connectivity index (χ3v) is 0.943. The Kier molecular flexibility index (Phi) is 1.61. The molecule has 1 aromatic heterocycles. The Morgan fingerprint density at radius 1 is 1.40 bits per heavy atom. The van der Waals surface area contributed by atoms with Crippen molar-refractivity contribution in [3.63, 3.8) is 0 Å². The van der Waals surface area contributed by atoms with Crippen LogP contribution >= 0.6 is 0 Å². The molecule has 1 radical (unpaired) electrons. The minimum Gasteiger partial charge on any atom is -0.254 e. The highest BCUT2D eigenvalue weighted by Gasteiger charge is 2.30. The number of halogens is 3. The molecule has 0 aliphatic rings. The fourth-order valence-corrected chi connectivity index (χ4v) is 0.488. The number of hydrogen-bond acceptors (Lipinski definition) is 1. The van der Waals surface area contributed by atoms with Crippen LogP contribution in [0.15, 0.2) is 18.3 Å². The van der Waals surface area contributed by atoms with Crippen molar-refractivity contribution < 1.29 is 13.2 Å². The molecule has 0 N–H and O–H groups in total. The number of rotatable bonds is 0. The lowest BCUT2D eigenvalue weighted by Crippen LogP contribution is -2.04. The van der Waals surface area contributed by atoms with E-state index in [-0.39, 0.29) is 0 Å². The molecule has 1 rings (SSSR count). The Hall–Kier alpha value is -1.06. The molecule has 10 heavy (non-hydrogen) atoms. The standard InChI is InChI=1S/C6H3F3N/c7-6(8,9)5-2-1-3-10-4-5/h1-2,4H. The van der Waals surface area contributed by atoms with Gasteiger partial charge in [-0.15, -0.1) is 0 Å². The first-order valence-corrected chi connectivity index (χ1v) is 2.50. The summed E-state index contributed by atoms with van der Waals surface area (Å²) in [5, 5.41) is 0. The molecule has 1 nitrogen and oxygen atoms in total. The SMILES string of the molecule is FC(F)(F)c1cc[c]nc1. The van der Waals surface area contributed by atoms with Gasteiger partial charge in [0.05, 0.1) is 11.8 Å². The smallest absolute Gasteiger partial charge is 0.254 e. The quantitative estimate of drug-likeness (QED) is 0.544. The van der Waals surface area contributed by atoms with E-state index in [4.69, 9.17) is 0 Å². The fourth-order valence-electron chi connectivity index (χ4n) is 0.488. The van der Waals surface area contributed by atoms with Gasteiger partial charge in [-0.25, -0.2) is 0 Å². The second-order valence-corrected chi connectivity index (χ2v) is 1.67. The van der Waals surface area contributed by atoms with Crippen molar-refractivity contribution in [2.45, 2.75) is 6.18 Å². The monoisotopic (exact) mass is 146 g/mol. The predicted octanol–water partition coefficient (Wildman–Crippen LogP) is 1.90. The largest absolute Gasteiger partial charge is 0.417 e. The van der Waals surface area contributed by atoms with E-state index in [0.717, 1.165) is 18.3 Å². The van der Waals surface area contributed by atoms with Gasteiger partial charge in [0.2, 0.25) is 0 Å². The summed E-state index contributed by atoms with van der Waals surface area (Å²) in [7, 11) is 0. The van der Waals surface area contributed by atoms with E-state index >= 15 is 0 Å². The molecular formula is C6H3F3N. The maximum Gasteiger partial charge on any atom is 0.417 e. The molecule has 4 heteroatoms. The van der Waals surface area contributed by atoms with Crippen LogP contribution in [-0.4, -0.2) is 4.98 Å². The summed E-state index contributed by atoms with van der Waals surface area (Å²) in [6.07, 6.45) is -1.30. The van der Waals surface area contributed by atoms with Crippen LogP contribution in [0.5, 0.6) is 0 Å². The minimum absolute atomic E-state index is 0.736. The number of nitrogens with zero attached hydrogens (tertiary/aromatic N) is 1. The zero-order valence-electron chi connectivity index (χ0n) is 4.81. The van der Waals surface area contributed by atoms with Gasteiger partial charge >= 0.3 is 6.18 Å². The van der Waals surface area contributed by atoms with Gasteiger partial charge in [-0.2, -0.15) is 13.2 Å². The lowest BCUT2D eigenvalue weighted by atomic mass is 10.3. The maximum absolute atomic E-state index is 11.7. The predicted molar refractivity (Wildman–Crippen MR) is 28.1 cm³/mol. The Labute approximate surface area is 55.5 Å². The van der Waals surface area contributed by atoms with E-state index in [0.29, 0.717) is 0 Å². The molecule has 1 heterocycles. The summed E-state index contributed by atoms with van der Waals surface area (Å²) in [6.45, 7) is 0. The molecule has 0 unspecified atom stereocenters. The van der Waals surface area contributed by atoms with Crippen molar-refractivity contribution in [1.29, 1.82) is 0 Å². The van der Waals surface area contributed by atoms with E-state index in [2.05, 4.69) is 11.2 Å². The van der Waals surface area contributed by atoms with Crippen LogP contribution in [0.3, 0.4) is 0 Å². The van der Waals surface area contributed by atoms with Crippen LogP contribution in [0.1, 0.15) is 5.56 Å². The van der Waals surface area contributed by atoms with Crippen molar-refractivity contribution in [3.05, 3.63) is 30.1 Å². The molecule has 1 aromatic rings. The van der Waals surface area contributed by atoms with Gasteiger partial charge in [-0.1, -0.05) is 0 Å². The summed E-state index contributed by atoms with van der Waals surface area (Å²) < 4.78 is 35.2. The summed E-state index contributed by atoms with van der Waals surface area (Å²) in [5.41, 5.74) is -0.744. The molecule has 0 spiro atoms. The van der Waals surface area contributed by atoms with Crippen LogP contribution in [-0.2, 0) is 6.18 Å². The Morgan fingerprint density at radius 2 is 2.10 bits per heavy atom. The van der Waals surface area contributed by atoms with Crippen molar-refractivity contribution in [2.75, 3.05) is 0 Å². The van der Waals surface area contributed by atoms with Gasteiger partial charge in [-0.05, 0) is 12.1 Å². The minimum atomic E-state index is -4.29. The molecular weight excluding hydrogens is 143 g/mol. The molecule has 0 aromatic carbocycles. The summed E-state index contributed by atoms with van der Waals surface area (Å²) in [6, 6.07) is 2.05. The third kappa shape index (κ3) is 1.46. The van der Waals surface area contributed by atoms with Crippen molar-refractivity contribution in [2.24, 2.45) is 0 Å². The first-order chi connectivity index (χ1) is 4.61. The molecule has 0 aliphatic carbocycles. The molecule has 53 valence electrons. The Morgan fingerprint density at radius 3 is 2.40 bits per heavy atom. The van der Waals surface area contributed by atoms with Crippen molar-refractivity contribution >= 4 is 0 Å². The van der Waals surface area contributed by atoms with E-state index in [1.807, 2.05) is 0 Å². The highest BCUT2D eigenvalue weighted by molar-refractivity contribution is 5.11. The highest BCUT2D eigenvalue weighted by atomic mass is 19.4. The third-order valence-electron chi connectivity index (χ3n) is 0.943. The summed E-state index contributed by atoms with van der Waals surface area (Å²) >= 11 is 0. The molecule has 0 fully saturated rings. The molecule has 0 amide bonds. The number of pyridine rings is 1. The van der Waals surface area contributed by atoms with E-state index in [1.165, 1.54) is 0 Å². The molecule has 0 saturated carbocycles. The van der Waals surface area contributed by atoms with Gasteiger partial charge in [-0.3, -0.25) is 4.98 Å². The highest BCUT2D eigenvalue weighted by Crippen LogP contribution is 2.27. The number of alkyl halides is 3. The maximum atomic E-state index is 11.7. The van der Waals surface area contributed by atoms with Crippen molar-refractivity contribution in [3.8, 4) is 0 Å². The Balaban J connectivity index is 2.97. The zero-order valence-corrected chi connectivity index (χ0v) is 4.81. The molecule has 0 atom stereocenters. The topological polar surface area (TPSA) is 12.9 Å². The van der Waals surface area contributed by atoms with E-state index < -0.39 is 11.7 Å².